The maximum Gasteiger partial charge on any atom is 0.0599 e. The van der Waals surface area contributed by atoms with Crippen molar-refractivity contribution in [3.05, 3.63) is 0 Å². The summed E-state index contributed by atoms with van der Waals surface area (Å²) in [5, 5.41) is 0. The van der Waals surface area contributed by atoms with Gasteiger partial charge in [-0.2, -0.15) is 0 Å². The lowest BCUT2D eigenvalue weighted by molar-refractivity contribution is 0.0124. The molecule has 0 unspecified atom stereocenters. The van der Waals surface area contributed by atoms with Crippen LogP contribution in [-0.2, 0) is 9.47 Å². The molecule has 3 nitrogen and oxygen atoms in total. The highest BCUT2D eigenvalue weighted by Gasteiger charge is 2.22. The number of nitrogens with zero attached hydrogens (tertiary/aromatic N) is 1. The molecular weight excluding hydrogens is 262 g/mol. The first-order valence-electron chi connectivity index (χ1n) is 9.27. The molecule has 1 saturated heterocycles. The zero-order valence-electron chi connectivity index (χ0n) is 14.2. The summed E-state index contributed by atoms with van der Waals surface area (Å²) in [4.78, 5) is 2.64. The van der Waals surface area contributed by atoms with Gasteiger partial charge in [0.2, 0.25) is 0 Å². The molecule has 0 amide bonds. The summed E-state index contributed by atoms with van der Waals surface area (Å²) in [6, 6.07) is 0. The fraction of sp³-hybridized carbons (Fsp3) is 1.00. The highest BCUT2D eigenvalue weighted by atomic mass is 16.5. The van der Waals surface area contributed by atoms with Gasteiger partial charge in [0.05, 0.1) is 12.2 Å². The van der Waals surface area contributed by atoms with Crippen LogP contribution < -0.4 is 0 Å². The van der Waals surface area contributed by atoms with E-state index in [9.17, 15) is 0 Å². The minimum Gasteiger partial charge on any atom is -0.379 e. The van der Waals surface area contributed by atoms with Crippen LogP contribution in [0.5, 0.6) is 0 Å². The summed E-state index contributed by atoms with van der Waals surface area (Å²) in [6.45, 7) is 9.74. The molecule has 1 aliphatic carbocycles. The Morgan fingerprint density at radius 1 is 0.810 bits per heavy atom. The second-order valence-corrected chi connectivity index (χ2v) is 6.74. The Balaban J connectivity index is 1.51. The van der Waals surface area contributed by atoms with Crippen molar-refractivity contribution in [2.45, 2.75) is 77.4 Å². The topological polar surface area (TPSA) is 21.7 Å². The maximum absolute atomic E-state index is 5.74. The van der Waals surface area contributed by atoms with Gasteiger partial charge < -0.3 is 14.4 Å². The lowest BCUT2D eigenvalue weighted by Gasteiger charge is -2.32. The van der Waals surface area contributed by atoms with Gasteiger partial charge in [-0.05, 0) is 77.7 Å². The monoisotopic (exact) mass is 297 g/mol. The van der Waals surface area contributed by atoms with Crippen molar-refractivity contribution >= 4 is 0 Å². The Morgan fingerprint density at radius 2 is 1.38 bits per heavy atom. The summed E-state index contributed by atoms with van der Waals surface area (Å²) < 4.78 is 11.5. The number of piperidine rings is 1. The van der Waals surface area contributed by atoms with Gasteiger partial charge in [-0.15, -0.1) is 0 Å². The van der Waals surface area contributed by atoms with Gasteiger partial charge in [-0.25, -0.2) is 0 Å². The first kappa shape index (κ1) is 17.2. The van der Waals surface area contributed by atoms with Gasteiger partial charge in [0.1, 0.15) is 0 Å². The molecule has 0 aromatic heterocycles. The molecule has 124 valence electrons. The Labute approximate surface area is 131 Å². The molecule has 1 heterocycles. The molecule has 0 aromatic rings. The lowest BCUT2D eigenvalue weighted by atomic mass is 9.84. The van der Waals surface area contributed by atoms with E-state index in [1.54, 1.807) is 0 Å². The summed E-state index contributed by atoms with van der Waals surface area (Å²) in [6.07, 6.45) is 11.7. The molecule has 2 fully saturated rings. The number of rotatable bonds is 8. The number of hydrogen-bond acceptors (Lipinski definition) is 3. The van der Waals surface area contributed by atoms with Gasteiger partial charge in [0, 0.05) is 26.3 Å². The Kier molecular flexibility index (Phi) is 8.05. The van der Waals surface area contributed by atoms with Crippen LogP contribution in [0.2, 0.25) is 0 Å². The molecule has 2 aliphatic rings. The normalized spacial score (nSPS) is 28.9. The predicted molar refractivity (Wildman–Crippen MR) is 87.7 cm³/mol. The highest BCUT2D eigenvalue weighted by molar-refractivity contribution is 4.75. The Bertz CT molecular complexity index is 230. The van der Waals surface area contributed by atoms with Crippen molar-refractivity contribution in [3.8, 4) is 0 Å². The van der Waals surface area contributed by atoms with Crippen LogP contribution in [-0.4, -0.2) is 50.0 Å². The first-order chi connectivity index (χ1) is 10.3. The molecule has 2 rings (SSSR count). The largest absolute Gasteiger partial charge is 0.379 e. The number of hydrogen-bond donors (Lipinski definition) is 0. The summed E-state index contributed by atoms with van der Waals surface area (Å²) in [7, 11) is 0. The number of likely N-dealkylation sites (tertiary alicyclic amines) is 1. The molecule has 0 atom stereocenters. The zero-order valence-corrected chi connectivity index (χ0v) is 14.2. The fourth-order valence-corrected chi connectivity index (χ4v) is 3.96. The highest BCUT2D eigenvalue weighted by Crippen LogP contribution is 2.29. The average molecular weight is 297 g/mol. The average Bonchev–Trinajstić information content (AvgIpc) is 2.51. The minimum absolute atomic E-state index is 0.528. The van der Waals surface area contributed by atoms with Gasteiger partial charge in [0.25, 0.3) is 0 Å². The third-order valence-corrected chi connectivity index (χ3v) is 5.22. The second kappa shape index (κ2) is 9.81. The van der Waals surface area contributed by atoms with E-state index in [1.807, 2.05) is 0 Å². The second-order valence-electron chi connectivity index (χ2n) is 6.74. The zero-order chi connectivity index (χ0) is 14.9. The third kappa shape index (κ3) is 6.25. The molecule has 0 N–H and O–H groups in total. The van der Waals surface area contributed by atoms with E-state index >= 15 is 0 Å². The standard InChI is InChI=1S/C18H35NO2/c1-3-20-17-9-7-16(8-10-17)6-5-13-19-14-11-18(12-15-19)21-4-2/h16-18H,3-15H2,1-2H3. The van der Waals surface area contributed by atoms with Crippen molar-refractivity contribution in [1.29, 1.82) is 0 Å². The van der Waals surface area contributed by atoms with Crippen molar-refractivity contribution in [1.82, 2.24) is 4.90 Å². The van der Waals surface area contributed by atoms with Gasteiger partial charge >= 0.3 is 0 Å². The molecular formula is C18H35NO2. The Hall–Kier alpha value is -0.120. The molecule has 0 spiro atoms. The lowest BCUT2D eigenvalue weighted by Crippen LogP contribution is -2.37. The van der Waals surface area contributed by atoms with Crippen molar-refractivity contribution in [2.24, 2.45) is 5.92 Å². The van der Waals surface area contributed by atoms with Gasteiger partial charge in [-0.3, -0.25) is 0 Å². The van der Waals surface area contributed by atoms with Crippen LogP contribution in [0.15, 0.2) is 0 Å². The van der Waals surface area contributed by atoms with Crippen LogP contribution in [0.4, 0.5) is 0 Å². The summed E-state index contributed by atoms with van der Waals surface area (Å²) in [5.41, 5.74) is 0. The summed E-state index contributed by atoms with van der Waals surface area (Å²) >= 11 is 0. The first-order valence-corrected chi connectivity index (χ1v) is 9.27. The van der Waals surface area contributed by atoms with Crippen molar-refractivity contribution in [2.75, 3.05) is 32.8 Å². The molecule has 1 saturated carbocycles. The van der Waals surface area contributed by atoms with E-state index in [0.717, 1.165) is 19.1 Å². The van der Waals surface area contributed by atoms with Gasteiger partial charge in [0.15, 0.2) is 0 Å². The third-order valence-electron chi connectivity index (χ3n) is 5.22. The van der Waals surface area contributed by atoms with Crippen molar-refractivity contribution < 1.29 is 9.47 Å². The fourth-order valence-electron chi connectivity index (χ4n) is 3.96. The quantitative estimate of drug-likeness (QED) is 0.679. The minimum atomic E-state index is 0.528. The molecule has 1 aliphatic heterocycles. The molecule has 3 heteroatoms. The van der Waals surface area contributed by atoms with E-state index in [2.05, 4.69) is 18.7 Å². The van der Waals surface area contributed by atoms with Gasteiger partial charge in [-0.1, -0.05) is 0 Å². The van der Waals surface area contributed by atoms with E-state index in [-0.39, 0.29) is 0 Å². The van der Waals surface area contributed by atoms with E-state index in [4.69, 9.17) is 9.47 Å². The smallest absolute Gasteiger partial charge is 0.0599 e. The van der Waals surface area contributed by atoms with Crippen LogP contribution in [0.1, 0.15) is 65.2 Å². The van der Waals surface area contributed by atoms with E-state index < -0.39 is 0 Å². The SMILES string of the molecule is CCOC1CCC(CCCN2CCC(OCC)CC2)CC1. The maximum atomic E-state index is 5.74. The van der Waals surface area contributed by atoms with E-state index in [1.165, 1.54) is 71.0 Å². The predicted octanol–water partition coefficient (Wildman–Crippen LogP) is 3.86. The van der Waals surface area contributed by atoms with Crippen LogP contribution >= 0.6 is 0 Å². The summed E-state index contributed by atoms with van der Waals surface area (Å²) in [5.74, 6) is 0.961. The number of ether oxygens (including phenoxy) is 2. The van der Waals surface area contributed by atoms with Crippen LogP contribution in [0, 0.1) is 5.92 Å². The van der Waals surface area contributed by atoms with E-state index in [0.29, 0.717) is 12.2 Å². The molecule has 21 heavy (non-hydrogen) atoms. The molecule has 0 aromatic carbocycles. The Morgan fingerprint density at radius 3 is 1.95 bits per heavy atom. The van der Waals surface area contributed by atoms with Crippen LogP contribution in [0.3, 0.4) is 0 Å². The molecule has 0 bridgehead atoms. The molecule has 0 radical (unpaired) electrons. The van der Waals surface area contributed by atoms with Crippen molar-refractivity contribution in [3.63, 3.8) is 0 Å². The van der Waals surface area contributed by atoms with Crippen LogP contribution in [0.25, 0.3) is 0 Å².